The number of benzene rings is 1. The summed E-state index contributed by atoms with van der Waals surface area (Å²) in [6.07, 6.45) is 3.90. The van der Waals surface area contributed by atoms with Crippen molar-refractivity contribution in [1.29, 1.82) is 0 Å². The molecule has 0 bridgehead atoms. The van der Waals surface area contributed by atoms with Gasteiger partial charge in [0.25, 0.3) is 5.56 Å². The Labute approximate surface area is 176 Å². The molecule has 0 fully saturated rings. The summed E-state index contributed by atoms with van der Waals surface area (Å²) in [5, 5.41) is 4.54. The van der Waals surface area contributed by atoms with Crippen LogP contribution in [0.4, 0.5) is 14.6 Å². The lowest BCUT2D eigenvalue weighted by atomic mass is 9.97. The number of hydrogen-bond acceptors (Lipinski definition) is 5. The summed E-state index contributed by atoms with van der Waals surface area (Å²) < 4.78 is 28.7. The SMILES string of the molecule is Cc1cc(F)c(F)cc1-c1cnc2c(c1)CN(c1nn3c(=O)ccnc3cc1C)CC2. The van der Waals surface area contributed by atoms with Gasteiger partial charge in [-0.3, -0.25) is 9.78 Å². The number of hydrogen-bond donors (Lipinski definition) is 0. The summed E-state index contributed by atoms with van der Waals surface area (Å²) in [4.78, 5) is 23.1. The van der Waals surface area contributed by atoms with Crippen LogP contribution in [0, 0.1) is 25.5 Å². The minimum absolute atomic E-state index is 0.235. The maximum Gasteiger partial charge on any atom is 0.274 e. The van der Waals surface area contributed by atoms with Gasteiger partial charge in [0.2, 0.25) is 0 Å². The number of aryl methyl sites for hydroxylation is 2. The summed E-state index contributed by atoms with van der Waals surface area (Å²) in [6.45, 7) is 4.94. The molecule has 0 amide bonds. The molecule has 0 N–H and O–H groups in total. The molecule has 0 aliphatic carbocycles. The average Bonchev–Trinajstić information content (AvgIpc) is 2.75. The molecule has 1 aliphatic heterocycles. The summed E-state index contributed by atoms with van der Waals surface area (Å²) in [6, 6.07) is 7.61. The fourth-order valence-electron chi connectivity index (χ4n) is 4.07. The van der Waals surface area contributed by atoms with Gasteiger partial charge in [0.1, 0.15) is 0 Å². The molecule has 0 radical (unpaired) electrons. The van der Waals surface area contributed by atoms with E-state index in [0.717, 1.165) is 22.4 Å². The van der Waals surface area contributed by atoms with E-state index in [-0.39, 0.29) is 5.56 Å². The summed E-state index contributed by atoms with van der Waals surface area (Å²) in [5.74, 6) is -1.03. The molecule has 8 heteroatoms. The maximum absolute atomic E-state index is 13.8. The first kappa shape index (κ1) is 19.3. The Balaban J connectivity index is 1.54. The third kappa shape index (κ3) is 3.34. The molecule has 156 valence electrons. The number of anilines is 1. The summed E-state index contributed by atoms with van der Waals surface area (Å²) in [7, 11) is 0. The van der Waals surface area contributed by atoms with Gasteiger partial charge in [-0.25, -0.2) is 13.8 Å². The number of fused-ring (bicyclic) bond motifs is 2. The smallest absolute Gasteiger partial charge is 0.274 e. The van der Waals surface area contributed by atoms with E-state index in [0.29, 0.717) is 42.1 Å². The van der Waals surface area contributed by atoms with Gasteiger partial charge < -0.3 is 4.90 Å². The van der Waals surface area contributed by atoms with Crippen molar-refractivity contribution in [3.05, 3.63) is 87.1 Å². The molecule has 0 saturated heterocycles. The average molecular weight is 419 g/mol. The number of rotatable bonds is 2. The highest BCUT2D eigenvalue weighted by atomic mass is 19.2. The fourth-order valence-corrected chi connectivity index (χ4v) is 4.07. The second-order valence-corrected chi connectivity index (χ2v) is 7.79. The zero-order chi connectivity index (χ0) is 21.7. The Morgan fingerprint density at radius 1 is 1.00 bits per heavy atom. The minimum Gasteiger partial charge on any atom is -0.350 e. The van der Waals surface area contributed by atoms with Gasteiger partial charge in [-0.2, -0.15) is 4.52 Å². The van der Waals surface area contributed by atoms with Gasteiger partial charge in [-0.05, 0) is 60.4 Å². The molecule has 6 nitrogen and oxygen atoms in total. The molecule has 1 aromatic carbocycles. The van der Waals surface area contributed by atoms with E-state index in [1.807, 2.05) is 19.1 Å². The first-order valence-electron chi connectivity index (χ1n) is 9.95. The molecule has 0 unspecified atom stereocenters. The molecule has 4 heterocycles. The Bertz CT molecular complexity index is 1400. The van der Waals surface area contributed by atoms with Gasteiger partial charge in [-0.1, -0.05) is 0 Å². The third-order valence-electron chi connectivity index (χ3n) is 5.66. The Kier molecular flexibility index (Phi) is 4.50. The zero-order valence-corrected chi connectivity index (χ0v) is 17.1. The minimum atomic E-state index is -0.880. The van der Waals surface area contributed by atoms with Crippen LogP contribution >= 0.6 is 0 Å². The molecule has 5 rings (SSSR count). The van der Waals surface area contributed by atoms with Gasteiger partial charge in [0.15, 0.2) is 23.1 Å². The van der Waals surface area contributed by atoms with Crippen LogP contribution < -0.4 is 10.5 Å². The van der Waals surface area contributed by atoms with Crippen LogP contribution in [-0.4, -0.2) is 26.1 Å². The summed E-state index contributed by atoms with van der Waals surface area (Å²) >= 11 is 0. The van der Waals surface area contributed by atoms with Gasteiger partial charge in [0, 0.05) is 49.2 Å². The normalized spacial score (nSPS) is 13.5. The third-order valence-corrected chi connectivity index (χ3v) is 5.66. The van der Waals surface area contributed by atoms with E-state index in [1.165, 1.54) is 28.9 Å². The van der Waals surface area contributed by atoms with E-state index in [9.17, 15) is 13.6 Å². The Morgan fingerprint density at radius 2 is 1.81 bits per heavy atom. The van der Waals surface area contributed by atoms with Crippen molar-refractivity contribution < 1.29 is 8.78 Å². The van der Waals surface area contributed by atoms with Crippen LogP contribution in [0.2, 0.25) is 0 Å². The molecule has 3 aromatic heterocycles. The predicted octanol–water partition coefficient (Wildman–Crippen LogP) is 3.61. The number of nitrogens with zero attached hydrogens (tertiary/aromatic N) is 5. The van der Waals surface area contributed by atoms with Crippen molar-refractivity contribution in [3.8, 4) is 11.1 Å². The van der Waals surface area contributed by atoms with Crippen molar-refractivity contribution in [2.45, 2.75) is 26.8 Å². The Hall–Kier alpha value is -3.68. The quantitative estimate of drug-likeness (QED) is 0.497. The molecule has 1 aliphatic rings. The van der Waals surface area contributed by atoms with Crippen LogP contribution in [0.25, 0.3) is 16.8 Å². The zero-order valence-electron chi connectivity index (χ0n) is 17.1. The standard InChI is InChI=1S/C23H19F2N5O/c1-13-7-18(24)19(25)10-17(13)15-9-16-12-29(6-4-20(16)27-11-15)23-14(2)8-21-26-5-3-22(31)30(21)28-23/h3,5,7-11H,4,6,12H2,1-2H3. The van der Waals surface area contributed by atoms with E-state index in [2.05, 4.69) is 20.0 Å². The molecule has 31 heavy (non-hydrogen) atoms. The lowest BCUT2D eigenvalue weighted by Crippen LogP contribution is -2.33. The first-order valence-corrected chi connectivity index (χ1v) is 9.95. The largest absolute Gasteiger partial charge is 0.350 e. The van der Waals surface area contributed by atoms with Crippen LogP contribution in [0.5, 0.6) is 0 Å². The van der Waals surface area contributed by atoms with Crippen molar-refractivity contribution in [2.75, 3.05) is 11.4 Å². The number of aromatic nitrogens is 4. The Morgan fingerprint density at radius 3 is 2.65 bits per heavy atom. The first-order chi connectivity index (χ1) is 14.9. The molecule has 0 atom stereocenters. The van der Waals surface area contributed by atoms with Crippen LogP contribution in [0.1, 0.15) is 22.4 Å². The molecule has 0 spiro atoms. The molecular weight excluding hydrogens is 400 g/mol. The molecule has 4 aromatic rings. The molecule has 0 saturated carbocycles. The van der Waals surface area contributed by atoms with Crippen LogP contribution in [0.3, 0.4) is 0 Å². The highest BCUT2D eigenvalue weighted by molar-refractivity contribution is 5.68. The highest BCUT2D eigenvalue weighted by Crippen LogP contribution is 2.30. The van der Waals surface area contributed by atoms with Crippen molar-refractivity contribution >= 4 is 11.5 Å². The topological polar surface area (TPSA) is 63.4 Å². The lowest BCUT2D eigenvalue weighted by Gasteiger charge is -2.30. The summed E-state index contributed by atoms with van der Waals surface area (Å²) in [5.41, 5.74) is 5.15. The van der Waals surface area contributed by atoms with Crippen LogP contribution in [0.15, 0.2) is 47.5 Å². The van der Waals surface area contributed by atoms with E-state index < -0.39 is 11.6 Å². The highest BCUT2D eigenvalue weighted by Gasteiger charge is 2.22. The van der Waals surface area contributed by atoms with E-state index in [1.54, 1.807) is 13.1 Å². The second-order valence-electron chi connectivity index (χ2n) is 7.79. The van der Waals surface area contributed by atoms with Gasteiger partial charge in [0.05, 0.1) is 0 Å². The van der Waals surface area contributed by atoms with Crippen molar-refractivity contribution in [3.63, 3.8) is 0 Å². The van der Waals surface area contributed by atoms with E-state index >= 15 is 0 Å². The predicted molar refractivity (Wildman–Crippen MR) is 113 cm³/mol. The maximum atomic E-state index is 13.8. The van der Waals surface area contributed by atoms with Crippen LogP contribution in [-0.2, 0) is 13.0 Å². The van der Waals surface area contributed by atoms with Gasteiger partial charge in [-0.15, -0.1) is 5.10 Å². The monoisotopic (exact) mass is 419 g/mol. The second kappa shape index (κ2) is 7.23. The van der Waals surface area contributed by atoms with Gasteiger partial charge >= 0.3 is 0 Å². The van der Waals surface area contributed by atoms with Crippen molar-refractivity contribution in [2.24, 2.45) is 0 Å². The van der Waals surface area contributed by atoms with Crippen molar-refractivity contribution in [1.82, 2.24) is 19.6 Å². The molecular formula is C23H19F2N5O. The lowest BCUT2D eigenvalue weighted by molar-refractivity contribution is 0.508. The fraction of sp³-hybridized carbons (Fsp3) is 0.217. The van der Waals surface area contributed by atoms with E-state index in [4.69, 9.17) is 0 Å². The number of halogens is 2. The number of pyridine rings is 1.